The van der Waals surface area contributed by atoms with Crippen LogP contribution < -0.4 is 5.32 Å². The Hall–Kier alpha value is -2.44. The Balaban J connectivity index is 1.71. The van der Waals surface area contributed by atoms with Gasteiger partial charge in [0.15, 0.2) is 5.65 Å². The summed E-state index contributed by atoms with van der Waals surface area (Å²) in [6.07, 6.45) is 4.18. The van der Waals surface area contributed by atoms with Crippen LogP contribution in [-0.2, 0) is 23.2 Å². The summed E-state index contributed by atoms with van der Waals surface area (Å²) in [7, 11) is 1.81. The van der Waals surface area contributed by atoms with Gasteiger partial charge in [-0.15, -0.1) is 0 Å². The number of fused-ring (bicyclic) bond motifs is 1. The molecular weight excluding hydrogens is 260 g/mol. The monoisotopic (exact) mass is 274 g/mol. The summed E-state index contributed by atoms with van der Waals surface area (Å²) < 4.78 is 1.67. The van der Waals surface area contributed by atoms with Crippen LogP contribution in [0, 0.1) is 5.41 Å². The molecule has 1 amide bonds. The molecule has 2 heterocycles. The molecule has 20 heavy (non-hydrogen) atoms. The van der Waals surface area contributed by atoms with Crippen molar-refractivity contribution < 1.29 is 14.7 Å². The van der Waals surface area contributed by atoms with Crippen molar-refractivity contribution in [3.8, 4) is 0 Å². The topological polar surface area (TPSA) is 97.1 Å². The third-order valence-electron chi connectivity index (χ3n) is 3.68. The molecule has 7 nitrogen and oxygen atoms in total. The van der Waals surface area contributed by atoms with Crippen LogP contribution in [0.3, 0.4) is 0 Å². The zero-order valence-corrected chi connectivity index (χ0v) is 11.0. The maximum absolute atomic E-state index is 11.9. The number of hydrogen-bond donors (Lipinski definition) is 2. The lowest BCUT2D eigenvalue weighted by atomic mass is 10.1. The SMILES string of the molecule is Cn1ncc2cc(CNC(=O)C3(C(=O)O)CC3)cnc21. The zero-order chi connectivity index (χ0) is 14.3. The Morgan fingerprint density at radius 2 is 2.20 bits per heavy atom. The number of carboxylic acids is 1. The molecule has 0 saturated heterocycles. The van der Waals surface area contributed by atoms with Gasteiger partial charge >= 0.3 is 5.97 Å². The molecule has 0 bridgehead atoms. The molecule has 0 atom stereocenters. The van der Waals surface area contributed by atoms with E-state index in [1.54, 1.807) is 24.1 Å². The third-order valence-corrected chi connectivity index (χ3v) is 3.68. The van der Waals surface area contributed by atoms with E-state index in [0.29, 0.717) is 12.8 Å². The van der Waals surface area contributed by atoms with Crippen molar-refractivity contribution in [2.45, 2.75) is 19.4 Å². The Labute approximate surface area is 114 Å². The third kappa shape index (κ3) is 1.91. The van der Waals surface area contributed by atoms with Crippen molar-refractivity contribution in [2.24, 2.45) is 12.5 Å². The van der Waals surface area contributed by atoms with Gasteiger partial charge in [0, 0.05) is 25.2 Å². The number of rotatable bonds is 4. The first kappa shape index (κ1) is 12.6. The van der Waals surface area contributed by atoms with Crippen LogP contribution in [0.5, 0.6) is 0 Å². The summed E-state index contributed by atoms with van der Waals surface area (Å²) in [5.41, 5.74) is 0.385. The summed E-state index contributed by atoms with van der Waals surface area (Å²) in [4.78, 5) is 27.2. The number of carboxylic acid groups (broad SMARTS) is 1. The van der Waals surface area contributed by atoms with Gasteiger partial charge in [-0.2, -0.15) is 5.10 Å². The Morgan fingerprint density at radius 3 is 2.85 bits per heavy atom. The fourth-order valence-electron chi connectivity index (χ4n) is 2.20. The molecule has 0 aromatic carbocycles. The van der Waals surface area contributed by atoms with E-state index in [-0.39, 0.29) is 6.54 Å². The van der Waals surface area contributed by atoms with E-state index >= 15 is 0 Å². The van der Waals surface area contributed by atoms with Crippen molar-refractivity contribution in [2.75, 3.05) is 0 Å². The fraction of sp³-hybridized carbons (Fsp3) is 0.385. The molecule has 0 radical (unpaired) electrons. The molecule has 1 fully saturated rings. The maximum Gasteiger partial charge on any atom is 0.319 e. The number of amides is 1. The Bertz CT molecular complexity index is 703. The van der Waals surface area contributed by atoms with Crippen molar-refractivity contribution in [1.29, 1.82) is 0 Å². The quantitative estimate of drug-likeness (QED) is 0.789. The van der Waals surface area contributed by atoms with Gasteiger partial charge in [-0.1, -0.05) is 0 Å². The van der Waals surface area contributed by atoms with Gasteiger partial charge in [0.2, 0.25) is 5.91 Å². The van der Waals surface area contributed by atoms with E-state index in [1.807, 2.05) is 6.07 Å². The molecule has 104 valence electrons. The zero-order valence-electron chi connectivity index (χ0n) is 11.0. The molecule has 2 aromatic rings. The number of hydrogen-bond acceptors (Lipinski definition) is 4. The van der Waals surface area contributed by atoms with E-state index in [2.05, 4.69) is 15.4 Å². The summed E-state index contributed by atoms with van der Waals surface area (Å²) in [6, 6.07) is 1.88. The molecule has 0 spiro atoms. The standard InChI is InChI=1S/C13H14N4O3/c1-17-10-9(7-16-17)4-8(5-14-10)6-15-11(18)13(2-3-13)12(19)20/h4-5,7H,2-3,6H2,1H3,(H,15,18)(H,19,20). The highest BCUT2D eigenvalue weighted by Crippen LogP contribution is 2.46. The number of aryl methyl sites for hydroxylation is 1. The molecule has 2 N–H and O–H groups in total. The first-order valence-corrected chi connectivity index (χ1v) is 6.31. The minimum Gasteiger partial charge on any atom is -0.480 e. The highest BCUT2D eigenvalue weighted by molar-refractivity contribution is 6.04. The van der Waals surface area contributed by atoms with Crippen LogP contribution in [0.1, 0.15) is 18.4 Å². The molecular formula is C13H14N4O3. The average Bonchev–Trinajstić information content (AvgIpc) is 3.17. The van der Waals surface area contributed by atoms with Gasteiger partial charge in [0.05, 0.1) is 6.20 Å². The summed E-state index contributed by atoms with van der Waals surface area (Å²) in [5.74, 6) is -1.47. The minimum absolute atomic E-state index is 0.270. The molecule has 1 saturated carbocycles. The van der Waals surface area contributed by atoms with E-state index in [9.17, 15) is 9.59 Å². The second kappa shape index (κ2) is 4.29. The lowest BCUT2D eigenvalue weighted by molar-refractivity contribution is -0.149. The summed E-state index contributed by atoms with van der Waals surface area (Å²) >= 11 is 0. The van der Waals surface area contributed by atoms with Gasteiger partial charge in [-0.3, -0.25) is 14.3 Å². The number of carbonyl (C=O) groups is 2. The van der Waals surface area contributed by atoms with E-state index in [0.717, 1.165) is 16.6 Å². The van der Waals surface area contributed by atoms with Crippen LogP contribution in [-0.4, -0.2) is 31.7 Å². The smallest absolute Gasteiger partial charge is 0.319 e. The van der Waals surface area contributed by atoms with Crippen molar-refractivity contribution in [3.05, 3.63) is 24.0 Å². The van der Waals surface area contributed by atoms with E-state index < -0.39 is 17.3 Å². The van der Waals surface area contributed by atoms with Crippen molar-refractivity contribution in [3.63, 3.8) is 0 Å². The Kier molecular flexibility index (Phi) is 2.70. The van der Waals surface area contributed by atoms with Crippen molar-refractivity contribution in [1.82, 2.24) is 20.1 Å². The first-order valence-electron chi connectivity index (χ1n) is 6.31. The van der Waals surface area contributed by atoms with E-state index in [4.69, 9.17) is 5.11 Å². The molecule has 0 aliphatic heterocycles. The van der Waals surface area contributed by atoms with Crippen LogP contribution in [0.15, 0.2) is 18.5 Å². The number of aliphatic carboxylic acids is 1. The molecule has 1 aliphatic carbocycles. The van der Waals surface area contributed by atoms with Crippen LogP contribution >= 0.6 is 0 Å². The van der Waals surface area contributed by atoms with Gasteiger partial charge < -0.3 is 10.4 Å². The second-order valence-electron chi connectivity index (χ2n) is 5.09. The molecule has 1 aliphatic rings. The number of nitrogens with one attached hydrogen (secondary N) is 1. The summed E-state index contributed by atoms with van der Waals surface area (Å²) in [5, 5.41) is 16.7. The fourth-order valence-corrected chi connectivity index (χ4v) is 2.20. The molecule has 2 aromatic heterocycles. The maximum atomic E-state index is 11.9. The molecule has 0 unspecified atom stereocenters. The largest absolute Gasteiger partial charge is 0.480 e. The normalized spacial score (nSPS) is 16.1. The molecule has 3 rings (SSSR count). The number of aromatic nitrogens is 3. The van der Waals surface area contributed by atoms with Gasteiger partial charge in [-0.25, -0.2) is 4.98 Å². The lowest BCUT2D eigenvalue weighted by Crippen LogP contribution is -2.36. The highest BCUT2D eigenvalue weighted by atomic mass is 16.4. The van der Waals surface area contributed by atoms with Crippen LogP contribution in [0.25, 0.3) is 11.0 Å². The van der Waals surface area contributed by atoms with Gasteiger partial charge in [-0.05, 0) is 24.5 Å². The van der Waals surface area contributed by atoms with Crippen molar-refractivity contribution >= 4 is 22.9 Å². The van der Waals surface area contributed by atoms with Gasteiger partial charge in [0.1, 0.15) is 5.41 Å². The van der Waals surface area contributed by atoms with Gasteiger partial charge in [0.25, 0.3) is 0 Å². The second-order valence-corrected chi connectivity index (χ2v) is 5.09. The highest BCUT2D eigenvalue weighted by Gasteiger charge is 2.56. The number of nitrogens with zero attached hydrogens (tertiary/aromatic N) is 3. The van der Waals surface area contributed by atoms with E-state index in [1.165, 1.54) is 0 Å². The minimum atomic E-state index is -1.20. The molecule has 7 heteroatoms. The lowest BCUT2D eigenvalue weighted by Gasteiger charge is -2.10. The van der Waals surface area contributed by atoms with Crippen LogP contribution in [0.2, 0.25) is 0 Å². The van der Waals surface area contributed by atoms with Crippen LogP contribution in [0.4, 0.5) is 0 Å². The number of carbonyl (C=O) groups excluding carboxylic acids is 1. The predicted octanol–water partition coefficient (Wildman–Crippen LogP) is 0.449. The summed E-state index contributed by atoms with van der Waals surface area (Å²) in [6.45, 7) is 0.270. The Morgan fingerprint density at radius 1 is 1.45 bits per heavy atom. The number of pyridine rings is 1. The first-order chi connectivity index (χ1) is 9.53. The predicted molar refractivity (Wildman–Crippen MR) is 69.7 cm³/mol. The average molecular weight is 274 g/mol.